The normalized spacial score (nSPS) is 11.0. The van der Waals surface area contributed by atoms with E-state index in [4.69, 9.17) is 4.74 Å². The summed E-state index contributed by atoms with van der Waals surface area (Å²) in [4.78, 5) is 16.1. The highest BCUT2D eigenvalue weighted by atomic mass is 16.5. The summed E-state index contributed by atoms with van der Waals surface area (Å²) in [6.07, 6.45) is 1.11. The quantitative estimate of drug-likeness (QED) is 0.470. The van der Waals surface area contributed by atoms with Crippen LogP contribution in [0, 0.1) is 6.92 Å². The van der Waals surface area contributed by atoms with Crippen LogP contribution in [0.1, 0.15) is 23.4 Å². The first-order valence-corrected chi connectivity index (χ1v) is 10.2. The standard InChI is InChI=1S/C25H27N3O2/c1-17-8-11-19(28(17)2)16-26-24(29)15-14-22-21-6-4-5-7-23(21)27-25(22)18-9-12-20(30-3)13-10-18/h4-13,27H,14-16H2,1-3H3,(H,26,29). The number of methoxy groups -OCH3 is 1. The van der Waals surface area contributed by atoms with E-state index in [1.165, 1.54) is 11.3 Å². The van der Waals surface area contributed by atoms with E-state index in [1.807, 2.05) is 43.4 Å². The fourth-order valence-electron chi connectivity index (χ4n) is 3.82. The summed E-state index contributed by atoms with van der Waals surface area (Å²) < 4.78 is 7.38. The molecule has 4 aromatic rings. The van der Waals surface area contributed by atoms with Gasteiger partial charge in [0.2, 0.25) is 5.91 Å². The van der Waals surface area contributed by atoms with Crippen molar-refractivity contribution in [3.63, 3.8) is 0 Å². The second-order valence-corrected chi connectivity index (χ2v) is 7.55. The van der Waals surface area contributed by atoms with Crippen molar-refractivity contribution in [1.82, 2.24) is 14.9 Å². The highest BCUT2D eigenvalue weighted by Crippen LogP contribution is 2.32. The second-order valence-electron chi connectivity index (χ2n) is 7.55. The Bertz CT molecular complexity index is 1170. The molecule has 1 amide bonds. The molecule has 2 N–H and O–H groups in total. The third kappa shape index (κ3) is 3.96. The monoisotopic (exact) mass is 401 g/mol. The Hall–Kier alpha value is -3.47. The van der Waals surface area contributed by atoms with Crippen molar-refractivity contribution in [1.29, 1.82) is 0 Å². The molecular formula is C25H27N3O2. The summed E-state index contributed by atoms with van der Waals surface area (Å²) >= 11 is 0. The highest BCUT2D eigenvalue weighted by Gasteiger charge is 2.15. The maximum absolute atomic E-state index is 12.5. The summed E-state index contributed by atoms with van der Waals surface area (Å²) in [5, 5.41) is 4.21. The summed E-state index contributed by atoms with van der Waals surface area (Å²) in [6, 6.07) is 20.4. The van der Waals surface area contributed by atoms with E-state index in [0.717, 1.165) is 33.6 Å². The molecule has 4 rings (SSSR count). The predicted octanol–water partition coefficient (Wildman–Crippen LogP) is 4.74. The number of hydrogen-bond acceptors (Lipinski definition) is 2. The van der Waals surface area contributed by atoms with Gasteiger partial charge in [0.15, 0.2) is 0 Å². The molecule has 0 atom stereocenters. The Balaban J connectivity index is 1.52. The second kappa shape index (κ2) is 8.49. The molecule has 2 aromatic heterocycles. The average Bonchev–Trinajstić information content (AvgIpc) is 3.31. The Morgan fingerprint density at radius 2 is 1.83 bits per heavy atom. The minimum Gasteiger partial charge on any atom is -0.497 e. The first kappa shape index (κ1) is 19.8. The Kier molecular flexibility index (Phi) is 5.61. The molecule has 5 nitrogen and oxygen atoms in total. The number of aryl methyl sites for hydroxylation is 2. The number of fused-ring (bicyclic) bond motifs is 1. The van der Waals surface area contributed by atoms with Gasteiger partial charge in [0.1, 0.15) is 5.75 Å². The van der Waals surface area contributed by atoms with Crippen LogP contribution in [-0.4, -0.2) is 22.6 Å². The van der Waals surface area contributed by atoms with Gasteiger partial charge in [-0.3, -0.25) is 4.79 Å². The molecule has 0 saturated carbocycles. The van der Waals surface area contributed by atoms with Gasteiger partial charge in [0.25, 0.3) is 0 Å². The van der Waals surface area contributed by atoms with E-state index in [0.29, 0.717) is 19.4 Å². The summed E-state index contributed by atoms with van der Waals surface area (Å²) in [5.41, 5.74) is 6.68. The van der Waals surface area contributed by atoms with Gasteiger partial charge in [0.05, 0.1) is 13.7 Å². The molecule has 2 aromatic carbocycles. The lowest BCUT2D eigenvalue weighted by atomic mass is 10.0. The number of ether oxygens (including phenoxy) is 1. The van der Waals surface area contributed by atoms with Crippen molar-refractivity contribution >= 4 is 16.8 Å². The van der Waals surface area contributed by atoms with Crippen LogP contribution in [0.5, 0.6) is 5.75 Å². The van der Waals surface area contributed by atoms with E-state index >= 15 is 0 Å². The predicted molar refractivity (Wildman–Crippen MR) is 121 cm³/mol. The number of rotatable bonds is 7. The van der Waals surface area contributed by atoms with Crippen molar-refractivity contribution in [3.05, 3.63) is 77.6 Å². The van der Waals surface area contributed by atoms with Crippen molar-refractivity contribution in [2.45, 2.75) is 26.3 Å². The first-order chi connectivity index (χ1) is 14.6. The summed E-state index contributed by atoms with van der Waals surface area (Å²) in [5.74, 6) is 0.881. The number of nitrogens with zero attached hydrogens (tertiary/aromatic N) is 1. The van der Waals surface area contributed by atoms with Crippen LogP contribution in [0.15, 0.2) is 60.7 Å². The lowest BCUT2D eigenvalue weighted by Gasteiger charge is -2.09. The lowest BCUT2D eigenvalue weighted by Crippen LogP contribution is -2.24. The van der Waals surface area contributed by atoms with Crippen LogP contribution in [0.2, 0.25) is 0 Å². The molecule has 0 radical (unpaired) electrons. The SMILES string of the molecule is COc1ccc(-c2[nH]c3ccccc3c2CCC(=O)NCc2ccc(C)n2C)cc1. The van der Waals surface area contributed by atoms with Crippen LogP contribution in [-0.2, 0) is 24.8 Å². The van der Waals surface area contributed by atoms with E-state index in [-0.39, 0.29) is 5.91 Å². The smallest absolute Gasteiger partial charge is 0.220 e. The molecule has 30 heavy (non-hydrogen) atoms. The molecule has 154 valence electrons. The fourth-order valence-corrected chi connectivity index (χ4v) is 3.82. The zero-order chi connectivity index (χ0) is 21.1. The maximum Gasteiger partial charge on any atom is 0.220 e. The van der Waals surface area contributed by atoms with Gasteiger partial charge < -0.3 is 19.6 Å². The third-order valence-corrected chi connectivity index (χ3v) is 5.74. The van der Waals surface area contributed by atoms with Gasteiger partial charge in [-0.05, 0) is 66.9 Å². The molecule has 0 fully saturated rings. The summed E-state index contributed by atoms with van der Waals surface area (Å²) in [7, 11) is 3.68. The minimum absolute atomic E-state index is 0.0554. The number of aromatic amines is 1. The zero-order valence-electron chi connectivity index (χ0n) is 17.7. The molecule has 0 unspecified atom stereocenters. The van der Waals surface area contributed by atoms with Gasteiger partial charge >= 0.3 is 0 Å². The van der Waals surface area contributed by atoms with Gasteiger partial charge in [-0.1, -0.05) is 18.2 Å². The maximum atomic E-state index is 12.5. The van der Waals surface area contributed by atoms with Crippen LogP contribution >= 0.6 is 0 Å². The molecule has 5 heteroatoms. The molecule has 0 aliphatic rings. The van der Waals surface area contributed by atoms with Gasteiger partial charge in [0, 0.05) is 41.5 Å². The number of benzene rings is 2. The number of aromatic nitrogens is 2. The number of amides is 1. The van der Waals surface area contributed by atoms with Crippen LogP contribution < -0.4 is 10.1 Å². The number of carbonyl (C=O) groups is 1. The molecule has 0 aliphatic heterocycles. The number of para-hydroxylation sites is 1. The molecule has 0 aliphatic carbocycles. The minimum atomic E-state index is 0.0554. The fraction of sp³-hybridized carbons (Fsp3) is 0.240. The number of carbonyl (C=O) groups excluding carboxylic acids is 1. The molecule has 0 bridgehead atoms. The van der Waals surface area contributed by atoms with E-state index in [1.54, 1.807) is 7.11 Å². The molecule has 0 spiro atoms. The Morgan fingerprint density at radius 1 is 1.07 bits per heavy atom. The van der Waals surface area contributed by atoms with Crippen LogP contribution in [0.3, 0.4) is 0 Å². The largest absolute Gasteiger partial charge is 0.497 e. The summed E-state index contributed by atoms with van der Waals surface area (Å²) in [6.45, 7) is 2.60. The van der Waals surface area contributed by atoms with Crippen molar-refractivity contribution in [2.75, 3.05) is 7.11 Å². The van der Waals surface area contributed by atoms with Crippen LogP contribution in [0.4, 0.5) is 0 Å². The molecule has 0 saturated heterocycles. The zero-order valence-corrected chi connectivity index (χ0v) is 17.7. The van der Waals surface area contributed by atoms with Crippen molar-refractivity contribution in [2.24, 2.45) is 7.05 Å². The van der Waals surface area contributed by atoms with Crippen LogP contribution in [0.25, 0.3) is 22.2 Å². The van der Waals surface area contributed by atoms with E-state index in [9.17, 15) is 4.79 Å². The Labute approximate surface area is 176 Å². The van der Waals surface area contributed by atoms with Crippen molar-refractivity contribution in [3.8, 4) is 17.0 Å². The van der Waals surface area contributed by atoms with Gasteiger partial charge in [-0.2, -0.15) is 0 Å². The molecule has 2 heterocycles. The lowest BCUT2D eigenvalue weighted by molar-refractivity contribution is -0.121. The van der Waals surface area contributed by atoms with E-state index in [2.05, 4.69) is 46.1 Å². The van der Waals surface area contributed by atoms with Gasteiger partial charge in [-0.15, -0.1) is 0 Å². The average molecular weight is 402 g/mol. The van der Waals surface area contributed by atoms with E-state index < -0.39 is 0 Å². The molecular weight excluding hydrogens is 374 g/mol. The van der Waals surface area contributed by atoms with Gasteiger partial charge in [-0.25, -0.2) is 0 Å². The number of nitrogens with one attached hydrogen (secondary N) is 2. The highest BCUT2D eigenvalue weighted by molar-refractivity contribution is 5.91. The van der Waals surface area contributed by atoms with Crippen molar-refractivity contribution < 1.29 is 9.53 Å². The first-order valence-electron chi connectivity index (χ1n) is 10.2. The number of H-pyrrole nitrogens is 1. The Morgan fingerprint density at radius 3 is 2.53 bits per heavy atom. The topological polar surface area (TPSA) is 59.1 Å². The third-order valence-electron chi connectivity index (χ3n) is 5.74. The number of hydrogen-bond donors (Lipinski definition) is 2.